The first-order valence-electron chi connectivity index (χ1n) is 15.1. The molecule has 4 nitrogen and oxygen atoms in total. The number of rotatable bonds is 6. The first-order valence-corrected chi connectivity index (χ1v) is 18.1. The summed E-state index contributed by atoms with van der Waals surface area (Å²) >= 11 is 0. The predicted octanol–water partition coefficient (Wildman–Crippen LogP) is 8.45. The molecule has 6 aromatic rings. The second-order valence-corrected chi connectivity index (χ2v) is 16.9. The number of aromatic nitrogens is 2. The van der Waals surface area contributed by atoms with Crippen molar-refractivity contribution in [1.29, 1.82) is 0 Å². The van der Waals surface area contributed by atoms with Crippen LogP contribution < -0.4 is 15.4 Å². The molecule has 7 rings (SSSR count). The molecule has 2 heterocycles. The fourth-order valence-corrected chi connectivity index (χ4v) is 8.72. The summed E-state index contributed by atoms with van der Waals surface area (Å²) < 4.78 is 0. The zero-order chi connectivity index (χ0) is 30.5. The average molecular weight is 590 g/mol. The minimum atomic E-state index is -2.21. The lowest BCUT2D eigenvalue weighted by Crippen LogP contribution is -2.54. The Morgan fingerprint density at radius 1 is 0.659 bits per heavy atom. The van der Waals surface area contributed by atoms with Gasteiger partial charge >= 0.3 is 0 Å². The molecule has 0 atom stereocenters. The lowest BCUT2D eigenvalue weighted by molar-refractivity contribution is 0.476. The van der Waals surface area contributed by atoms with Gasteiger partial charge in [-0.15, -0.1) is 0 Å². The van der Waals surface area contributed by atoms with Crippen molar-refractivity contribution < 1.29 is 5.11 Å². The number of pyridine rings is 2. The molecular formula is C39H35N3OSi. The Labute approximate surface area is 260 Å². The van der Waals surface area contributed by atoms with Gasteiger partial charge in [0.1, 0.15) is 13.8 Å². The third-order valence-corrected chi connectivity index (χ3v) is 12.4. The van der Waals surface area contributed by atoms with E-state index < -0.39 is 8.07 Å². The Balaban J connectivity index is 1.28. The third-order valence-electron chi connectivity index (χ3n) is 9.07. The van der Waals surface area contributed by atoms with E-state index in [0.29, 0.717) is 0 Å². The van der Waals surface area contributed by atoms with Gasteiger partial charge in [0.15, 0.2) is 0 Å². The van der Waals surface area contributed by atoms with E-state index in [-0.39, 0.29) is 11.2 Å². The van der Waals surface area contributed by atoms with Crippen molar-refractivity contribution in [3.8, 4) is 28.3 Å². The number of phenols is 1. The number of para-hydroxylation sites is 2. The summed E-state index contributed by atoms with van der Waals surface area (Å²) in [6.07, 6.45) is 1.94. The monoisotopic (exact) mass is 589 g/mol. The molecule has 44 heavy (non-hydrogen) atoms. The van der Waals surface area contributed by atoms with Gasteiger partial charge in [-0.2, -0.15) is 0 Å². The molecule has 0 fully saturated rings. The van der Waals surface area contributed by atoms with Crippen molar-refractivity contribution >= 4 is 35.6 Å². The molecule has 0 radical (unpaired) electrons. The summed E-state index contributed by atoms with van der Waals surface area (Å²) in [4.78, 5) is 12.4. The highest BCUT2D eigenvalue weighted by Crippen LogP contribution is 2.51. The maximum atomic E-state index is 10.8. The number of phenolic OH excluding ortho intramolecular Hbond substituents is 1. The molecule has 4 aromatic carbocycles. The normalized spacial score (nSPS) is 13.3. The molecule has 1 N–H and O–H groups in total. The van der Waals surface area contributed by atoms with E-state index in [0.717, 1.165) is 56.0 Å². The number of fused-ring (bicyclic) bond motifs is 3. The van der Waals surface area contributed by atoms with E-state index in [1.165, 1.54) is 5.19 Å². The predicted molar refractivity (Wildman–Crippen MR) is 185 cm³/mol. The first kappa shape index (κ1) is 27.8. The summed E-state index contributed by atoms with van der Waals surface area (Å²) in [7, 11) is -2.21. The van der Waals surface area contributed by atoms with Crippen LogP contribution in [0.3, 0.4) is 0 Å². The minimum absolute atomic E-state index is 0.213. The molecule has 0 spiro atoms. The Kier molecular flexibility index (Phi) is 6.71. The molecule has 0 bridgehead atoms. The van der Waals surface area contributed by atoms with Crippen molar-refractivity contribution in [1.82, 2.24) is 9.97 Å². The average Bonchev–Trinajstić information content (AvgIpc) is 3.29. The van der Waals surface area contributed by atoms with E-state index in [9.17, 15) is 5.11 Å². The van der Waals surface area contributed by atoms with Crippen LogP contribution in [0.25, 0.3) is 22.5 Å². The zero-order valence-corrected chi connectivity index (χ0v) is 26.5. The summed E-state index contributed by atoms with van der Waals surface area (Å²) in [5, 5.41) is 13.2. The minimum Gasteiger partial charge on any atom is -0.507 e. The van der Waals surface area contributed by atoms with Crippen LogP contribution in [0.1, 0.15) is 25.0 Å². The fraction of sp³-hybridized carbons (Fsp3) is 0.128. The van der Waals surface area contributed by atoms with Gasteiger partial charge in [0.2, 0.25) is 0 Å². The summed E-state index contributed by atoms with van der Waals surface area (Å²) in [5.41, 5.74) is 9.05. The highest BCUT2D eigenvalue weighted by Gasteiger charge is 2.38. The standard InChI is InChI=1S/C39H35N3OSi/c1-39(2)32-19-12-20-35(43)37(32)38-33(39)21-22-34(41-38)27-13-11-18-31(25-27)44(3,4)36-26-30(23-24-40-36)42(28-14-7-5-8-15-28)29-16-9-6-10-17-29/h5-26,43H,1-4H3. The fourth-order valence-electron chi connectivity index (χ4n) is 6.49. The number of benzene rings is 4. The highest BCUT2D eigenvalue weighted by atomic mass is 28.3. The molecule has 1 aliphatic carbocycles. The van der Waals surface area contributed by atoms with Crippen LogP contribution in [0.5, 0.6) is 5.75 Å². The molecule has 0 amide bonds. The van der Waals surface area contributed by atoms with Gasteiger partial charge in [-0.3, -0.25) is 4.98 Å². The molecule has 0 unspecified atom stereocenters. The van der Waals surface area contributed by atoms with Crippen molar-refractivity contribution in [3.05, 3.63) is 145 Å². The molecule has 0 saturated carbocycles. The van der Waals surface area contributed by atoms with Gasteiger partial charge < -0.3 is 10.0 Å². The number of anilines is 3. The van der Waals surface area contributed by atoms with Gasteiger partial charge in [0.05, 0.1) is 11.4 Å². The smallest absolute Gasteiger partial charge is 0.135 e. The van der Waals surface area contributed by atoms with E-state index in [1.807, 2.05) is 24.4 Å². The molecule has 5 heteroatoms. The number of hydrogen-bond acceptors (Lipinski definition) is 4. The summed E-state index contributed by atoms with van der Waals surface area (Å²) in [5.74, 6) is 0.285. The van der Waals surface area contributed by atoms with Gasteiger partial charge in [0, 0.05) is 45.1 Å². The second-order valence-electron chi connectivity index (χ2n) is 12.5. The van der Waals surface area contributed by atoms with E-state index in [1.54, 1.807) is 6.07 Å². The molecule has 2 aromatic heterocycles. The molecule has 0 aliphatic heterocycles. The van der Waals surface area contributed by atoms with Crippen molar-refractivity contribution in [3.63, 3.8) is 0 Å². The van der Waals surface area contributed by atoms with Crippen LogP contribution in [0, 0.1) is 0 Å². The SMILES string of the molecule is CC1(C)c2ccc(-c3cccc([Si](C)(C)c4cc(N(c5ccccc5)c5ccccc5)ccn4)c3)nc2-c2c(O)cccc21. The zero-order valence-electron chi connectivity index (χ0n) is 25.5. The van der Waals surface area contributed by atoms with E-state index in [2.05, 4.69) is 135 Å². The molecule has 0 saturated heterocycles. The van der Waals surface area contributed by atoms with Crippen LogP contribution >= 0.6 is 0 Å². The Morgan fingerprint density at radius 2 is 1.34 bits per heavy atom. The van der Waals surface area contributed by atoms with Crippen molar-refractivity contribution in [2.24, 2.45) is 0 Å². The van der Waals surface area contributed by atoms with Crippen LogP contribution in [0.4, 0.5) is 17.1 Å². The second kappa shape index (κ2) is 10.6. The summed E-state index contributed by atoms with van der Waals surface area (Å²) in [6, 6.07) is 44.2. The lowest BCUT2D eigenvalue weighted by atomic mass is 9.83. The molecule has 216 valence electrons. The topological polar surface area (TPSA) is 49.2 Å². The van der Waals surface area contributed by atoms with Gasteiger partial charge in [0.25, 0.3) is 0 Å². The first-order chi connectivity index (χ1) is 21.2. The largest absolute Gasteiger partial charge is 0.507 e. The lowest BCUT2D eigenvalue weighted by Gasteiger charge is -2.28. The van der Waals surface area contributed by atoms with Gasteiger partial charge in [-0.05, 0) is 59.7 Å². The maximum absolute atomic E-state index is 10.8. The van der Waals surface area contributed by atoms with Crippen molar-refractivity contribution in [2.75, 3.05) is 4.90 Å². The Hall–Kier alpha value is -5.00. The van der Waals surface area contributed by atoms with Crippen molar-refractivity contribution in [2.45, 2.75) is 32.4 Å². The number of nitrogens with zero attached hydrogens (tertiary/aromatic N) is 3. The van der Waals surface area contributed by atoms with E-state index in [4.69, 9.17) is 9.97 Å². The van der Waals surface area contributed by atoms with Gasteiger partial charge in [-0.1, -0.05) is 111 Å². The van der Waals surface area contributed by atoms with Crippen LogP contribution in [-0.2, 0) is 5.41 Å². The highest BCUT2D eigenvalue weighted by molar-refractivity contribution is 7.00. The molecule has 1 aliphatic rings. The summed E-state index contributed by atoms with van der Waals surface area (Å²) in [6.45, 7) is 9.12. The van der Waals surface area contributed by atoms with Crippen LogP contribution in [0.2, 0.25) is 13.1 Å². The molecular weight excluding hydrogens is 555 g/mol. The maximum Gasteiger partial charge on any atom is 0.135 e. The van der Waals surface area contributed by atoms with Gasteiger partial charge in [-0.25, -0.2) is 4.98 Å². The number of hydrogen-bond donors (Lipinski definition) is 1. The quantitative estimate of drug-likeness (QED) is 0.198. The third kappa shape index (κ3) is 4.61. The van der Waals surface area contributed by atoms with E-state index >= 15 is 0 Å². The Morgan fingerprint density at radius 3 is 2.05 bits per heavy atom. The van der Waals surface area contributed by atoms with Crippen LogP contribution in [0.15, 0.2) is 134 Å². The number of aromatic hydroxyl groups is 1. The Bertz CT molecular complexity index is 1950. The van der Waals surface area contributed by atoms with Crippen LogP contribution in [-0.4, -0.2) is 23.1 Å².